The highest BCUT2D eigenvalue weighted by Gasteiger charge is 2.46. The average molecular weight is 425 g/mol. The Balaban J connectivity index is 1.95. The van der Waals surface area contributed by atoms with Crippen LogP contribution in [0.2, 0.25) is 0 Å². The minimum atomic E-state index is -3.92. The lowest BCUT2D eigenvalue weighted by Crippen LogP contribution is -2.43. The molecular formula is C19H24N2O5S2. The number of pyridine rings is 1. The van der Waals surface area contributed by atoms with Crippen molar-refractivity contribution in [2.75, 3.05) is 18.6 Å². The summed E-state index contributed by atoms with van der Waals surface area (Å²) in [6.45, 7) is 4.05. The lowest BCUT2D eigenvalue weighted by Gasteiger charge is -2.22. The summed E-state index contributed by atoms with van der Waals surface area (Å²) in [7, 11) is -5.99. The molecule has 0 bridgehead atoms. The van der Waals surface area contributed by atoms with E-state index in [9.17, 15) is 16.8 Å². The van der Waals surface area contributed by atoms with Crippen LogP contribution in [0.25, 0.3) is 0 Å². The van der Waals surface area contributed by atoms with Crippen LogP contribution in [0, 0.1) is 13.8 Å². The molecule has 0 aliphatic carbocycles. The highest BCUT2D eigenvalue weighted by molar-refractivity contribution is 7.96. The quantitative estimate of drug-likeness (QED) is 0.748. The van der Waals surface area contributed by atoms with Crippen LogP contribution in [-0.4, -0.2) is 51.7 Å². The average Bonchev–Trinajstić information content (AvgIpc) is 2.98. The van der Waals surface area contributed by atoms with Gasteiger partial charge in [0, 0.05) is 25.0 Å². The van der Waals surface area contributed by atoms with Gasteiger partial charge in [0.15, 0.2) is 19.7 Å². The number of hydrogen-bond acceptors (Lipinski definition) is 7. The Kier molecular flexibility index (Phi) is 5.79. The SMILES string of the molecule is COc1cc(C)c(C)cc1S(=O)(=O)[C@H]1CS(=O)(=O)C[C@@H]1NCc1ccncc1. The lowest BCUT2D eigenvalue weighted by molar-refractivity contribution is 0.401. The maximum absolute atomic E-state index is 13.4. The summed E-state index contributed by atoms with van der Waals surface area (Å²) in [4.78, 5) is 3.98. The number of methoxy groups -OCH3 is 1. The molecule has 0 spiro atoms. The van der Waals surface area contributed by atoms with Crippen molar-refractivity contribution in [2.45, 2.75) is 36.6 Å². The Hall–Kier alpha value is -1.97. The summed E-state index contributed by atoms with van der Waals surface area (Å²) in [5, 5.41) is 2.04. The van der Waals surface area contributed by atoms with Gasteiger partial charge in [-0.25, -0.2) is 16.8 Å². The van der Waals surface area contributed by atoms with Crippen molar-refractivity contribution in [3.8, 4) is 5.75 Å². The largest absolute Gasteiger partial charge is 0.495 e. The van der Waals surface area contributed by atoms with E-state index in [1.807, 2.05) is 13.8 Å². The Morgan fingerprint density at radius 2 is 1.79 bits per heavy atom. The zero-order valence-electron chi connectivity index (χ0n) is 16.0. The summed E-state index contributed by atoms with van der Waals surface area (Å²) >= 11 is 0. The van der Waals surface area contributed by atoms with Gasteiger partial charge in [0.05, 0.1) is 23.9 Å². The zero-order chi connectivity index (χ0) is 20.5. The first-order chi connectivity index (χ1) is 13.1. The predicted octanol–water partition coefficient (Wildman–Crippen LogP) is 1.44. The molecule has 1 aromatic heterocycles. The van der Waals surface area contributed by atoms with Crippen LogP contribution in [0.5, 0.6) is 5.75 Å². The molecule has 0 saturated carbocycles. The Morgan fingerprint density at radius 3 is 2.43 bits per heavy atom. The molecule has 1 fully saturated rings. The van der Waals surface area contributed by atoms with Crippen molar-refractivity contribution in [3.63, 3.8) is 0 Å². The smallest absolute Gasteiger partial charge is 0.187 e. The number of aromatic nitrogens is 1. The highest BCUT2D eigenvalue weighted by Crippen LogP contribution is 2.33. The molecule has 2 heterocycles. The predicted molar refractivity (Wildman–Crippen MR) is 107 cm³/mol. The van der Waals surface area contributed by atoms with Gasteiger partial charge < -0.3 is 10.1 Å². The first-order valence-corrected chi connectivity index (χ1v) is 12.2. The van der Waals surface area contributed by atoms with Crippen molar-refractivity contribution in [1.29, 1.82) is 0 Å². The fourth-order valence-corrected chi connectivity index (χ4v) is 8.31. The van der Waals surface area contributed by atoms with Crippen LogP contribution in [-0.2, 0) is 26.2 Å². The molecule has 28 heavy (non-hydrogen) atoms. The van der Waals surface area contributed by atoms with Crippen LogP contribution in [0.1, 0.15) is 16.7 Å². The second-order valence-electron chi connectivity index (χ2n) is 7.09. The molecular weight excluding hydrogens is 400 g/mol. The van der Waals surface area contributed by atoms with Crippen LogP contribution in [0.15, 0.2) is 41.6 Å². The monoisotopic (exact) mass is 424 g/mol. The van der Waals surface area contributed by atoms with Crippen molar-refractivity contribution >= 4 is 19.7 Å². The molecule has 3 rings (SSSR count). The normalized spacial score (nSPS) is 21.5. The molecule has 0 unspecified atom stereocenters. The maximum Gasteiger partial charge on any atom is 0.187 e. The number of aryl methyl sites for hydroxylation is 2. The summed E-state index contributed by atoms with van der Waals surface area (Å²) < 4.78 is 56.6. The topological polar surface area (TPSA) is 102 Å². The van der Waals surface area contributed by atoms with Crippen LogP contribution < -0.4 is 10.1 Å². The number of sulfone groups is 2. The van der Waals surface area contributed by atoms with E-state index >= 15 is 0 Å². The van der Waals surface area contributed by atoms with Crippen molar-refractivity contribution in [2.24, 2.45) is 0 Å². The van der Waals surface area contributed by atoms with Gasteiger partial charge in [0.1, 0.15) is 10.6 Å². The van der Waals surface area contributed by atoms with Gasteiger partial charge in [0.25, 0.3) is 0 Å². The van der Waals surface area contributed by atoms with Gasteiger partial charge >= 0.3 is 0 Å². The second kappa shape index (κ2) is 7.81. The van der Waals surface area contributed by atoms with Crippen LogP contribution in [0.4, 0.5) is 0 Å². The summed E-state index contributed by atoms with van der Waals surface area (Å²) in [6, 6.07) is 6.13. The first-order valence-electron chi connectivity index (χ1n) is 8.86. The van der Waals surface area contributed by atoms with Gasteiger partial charge in [-0.3, -0.25) is 4.98 Å². The molecule has 2 atom stereocenters. The third-order valence-electron chi connectivity index (χ3n) is 5.10. The van der Waals surface area contributed by atoms with E-state index in [1.54, 1.807) is 36.7 Å². The van der Waals surface area contributed by atoms with Gasteiger partial charge in [-0.2, -0.15) is 0 Å². The highest BCUT2D eigenvalue weighted by atomic mass is 32.2. The lowest BCUT2D eigenvalue weighted by atomic mass is 10.1. The van der Waals surface area contributed by atoms with E-state index < -0.39 is 36.7 Å². The Bertz CT molecular complexity index is 1070. The second-order valence-corrected chi connectivity index (χ2v) is 11.4. The maximum atomic E-state index is 13.4. The standard InChI is InChI=1S/C19H24N2O5S2/c1-13-8-17(26-3)18(9-14(13)2)28(24,25)19-12-27(22,23)11-16(19)21-10-15-4-6-20-7-5-15/h4-9,16,19,21H,10-12H2,1-3H3/t16-,19-/m0/s1. The number of nitrogens with one attached hydrogen (secondary N) is 1. The number of nitrogens with zero attached hydrogens (tertiary/aromatic N) is 1. The minimum Gasteiger partial charge on any atom is -0.495 e. The van der Waals surface area contributed by atoms with Crippen LogP contribution in [0.3, 0.4) is 0 Å². The number of ether oxygens (including phenoxy) is 1. The molecule has 1 saturated heterocycles. The minimum absolute atomic E-state index is 0.0379. The molecule has 1 aliphatic heterocycles. The third-order valence-corrected chi connectivity index (χ3v) is 9.27. The molecule has 9 heteroatoms. The van der Waals surface area contributed by atoms with E-state index in [2.05, 4.69) is 10.3 Å². The van der Waals surface area contributed by atoms with Crippen molar-refractivity contribution in [1.82, 2.24) is 10.3 Å². The molecule has 7 nitrogen and oxygen atoms in total. The molecule has 1 N–H and O–H groups in total. The number of hydrogen-bond donors (Lipinski definition) is 1. The van der Waals surface area contributed by atoms with Crippen molar-refractivity contribution < 1.29 is 21.6 Å². The number of rotatable bonds is 6. The molecule has 0 radical (unpaired) electrons. The van der Waals surface area contributed by atoms with Gasteiger partial charge in [-0.15, -0.1) is 0 Å². The summed E-state index contributed by atoms with van der Waals surface area (Å²) in [5.41, 5.74) is 2.61. The van der Waals surface area contributed by atoms with Gasteiger partial charge in [0.2, 0.25) is 0 Å². The fourth-order valence-electron chi connectivity index (χ4n) is 3.37. The first kappa shape index (κ1) is 20.8. The third kappa shape index (κ3) is 4.21. The van der Waals surface area contributed by atoms with E-state index in [0.717, 1.165) is 16.7 Å². The summed E-state index contributed by atoms with van der Waals surface area (Å²) in [6.07, 6.45) is 3.27. The Morgan fingerprint density at radius 1 is 1.14 bits per heavy atom. The molecule has 152 valence electrons. The van der Waals surface area contributed by atoms with E-state index in [0.29, 0.717) is 6.54 Å². The van der Waals surface area contributed by atoms with E-state index in [1.165, 1.54) is 7.11 Å². The van der Waals surface area contributed by atoms with Crippen molar-refractivity contribution in [3.05, 3.63) is 53.3 Å². The zero-order valence-corrected chi connectivity index (χ0v) is 17.7. The molecule has 2 aromatic rings. The molecule has 1 aromatic carbocycles. The van der Waals surface area contributed by atoms with Crippen LogP contribution >= 0.6 is 0 Å². The van der Waals surface area contributed by atoms with E-state index in [-0.39, 0.29) is 16.4 Å². The van der Waals surface area contributed by atoms with Gasteiger partial charge in [-0.05, 0) is 54.8 Å². The van der Waals surface area contributed by atoms with E-state index in [4.69, 9.17) is 4.74 Å². The molecule has 1 aliphatic rings. The summed E-state index contributed by atoms with van der Waals surface area (Å²) in [5.74, 6) is -0.380. The number of benzene rings is 1. The fraction of sp³-hybridized carbons (Fsp3) is 0.421. The molecule has 0 amide bonds. The Labute approximate surface area is 166 Å². The van der Waals surface area contributed by atoms with Gasteiger partial charge in [-0.1, -0.05) is 0 Å².